The summed E-state index contributed by atoms with van der Waals surface area (Å²) in [6.07, 6.45) is 2.09. The van der Waals surface area contributed by atoms with Gasteiger partial charge in [-0.25, -0.2) is 0 Å². The number of benzene rings is 2. The lowest BCUT2D eigenvalue weighted by Gasteiger charge is -2.30. The minimum Gasteiger partial charge on any atom is -0.493 e. The van der Waals surface area contributed by atoms with E-state index in [0.29, 0.717) is 24.3 Å². The van der Waals surface area contributed by atoms with Crippen LogP contribution >= 0.6 is 11.3 Å². The Bertz CT molecular complexity index is 1030. The Kier molecular flexibility index (Phi) is 6.23. The van der Waals surface area contributed by atoms with Crippen molar-refractivity contribution in [2.24, 2.45) is 0 Å². The highest BCUT2D eigenvalue weighted by Crippen LogP contribution is 2.32. The van der Waals surface area contributed by atoms with E-state index in [0.717, 1.165) is 36.4 Å². The molecular formula is C24H26N2O3S. The molecule has 4 rings (SSSR count). The number of para-hydroxylation sites is 2. The van der Waals surface area contributed by atoms with Crippen LogP contribution in [0, 0.1) is 0 Å². The fourth-order valence-electron chi connectivity index (χ4n) is 3.82. The number of amides is 1. The highest BCUT2D eigenvalue weighted by atomic mass is 32.1. The fraction of sp³-hybridized carbons (Fsp3) is 0.292. The lowest BCUT2D eigenvalue weighted by atomic mass is 10.1. The number of nitrogens with one attached hydrogen (secondary N) is 1. The second-order valence-electron chi connectivity index (χ2n) is 7.30. The first kappa shape index (κ1) is 20.3. The first-order valence-electron chi connectivity index (χ1n) is 10.1. The van der Waals surface area contributed by atoms with Gasteiger partial charge in [0.05, 0.1) is 25.6 Å². The molecule has 30 heavy (non-hydrogen) atoms. The first-order chi connectivity index (χ1) is 14.7. The van der Waals surface area contributed by atoms with Crippen LogP contribution in [0.3, 0.4) is 0 Å². The summed E-state index contributed by atoms with van der Waals surface area (Å²) in [6, 6.07) is 16.0. The first-order valence-corrected chi connectivity index (χ1v) is 11.0. The van der Waals surface area contributed by atoms with Gasteiger partial charge in [-0.05, 0) is 59.7 Å². The Balaban J connectivity index is 1.41. The van der Waals surface area contributed by atoms with Crippen molar-refractivity contribution in [3.05, 3.63) is 69.9 Å². The number of hydrogen-bond donors (Lipinski definition) is 1. The maximum absolute atomic E-state index is 12.7. The third-order valence-electron chi connectivity index (χ3n) is 5.42. The van der Waals surface area contributed by atoms with Crippen LogP contribution in [0.4, 0.5) is 11.4 Å². The molecule has 3 aromatic rings. The topological polar surface area (TPSA) is 50.8 Å². The molecule has 0 spiro atoms. The third kappa shape index (κ3) is 4.44. The molecule has 0 unspecified atom stereocenters. The quantitative estimate of drug-likeness (QED) is 0.588. The van der Waals surface area contributed by atoms with Crippen molar-refractivity contribution in [3.8, 4) is 11.5 Å². The summed E-state index contributed by atoms with van der Waals surface area (Å²) >= 11 is 1.83. The highest BCUT2D eigenvalue weighted by Gasteiger charge is 2.20. The van der Waals surface area contributed by atoms with Gasteiger partial charge in [0, 0.05) is 24.4 Å². The van der Waals surface area contributed by atoms with Crippen molar-refractivity contribution in [2.45, 2.75) is 25.8 Å². The smallest absolute Gasteiger partial charge is 0.224 e. The Morgan fingerprint density at radius 1 is 1.10 bits per heavy atom. The van der Waals surface area contributed by atoms with Gasteiger partial charge in [-0.15, -0.1) is 11.3 Å². The average molecular weight is 423 g/mol. The molecule has 2 aromatic carbocycles. The van der Waals surface area contributed by atoms with Crippen LogP contribution in [0.5, 0.6) is 11.5 Å². The van der Waals surface area contributed by atoms with E-state index in [1.54, 1.807) is 14.2 Å². The Hall–Kier alpha value is -2.99. The fourth-order valence-corrected chi connectivity index (χ4v) is 4.71. The summed E-state index contributed by atoms with van der Waals surface area (Å²) in [6.45, 7) is 1.85. The average Bonchev–Trinajstić information content (AvgIpc) is 3.25. The molecule has 0 aliphatic carbocycles. The van der Waals surface area contributed by atoms with Gasteiger partial charge in [0.25, 0.3) is 0 Å². The van der Waals surface area contributed by atoms with Crippen molar-refractivity contribution >= 4 is 28.6 Å². The summed E-state index contributed by atoms with van der Waals surface area (Å²) < 4.78 is 10.6. The van der Waals surface area contributed by atoms with E-state index >= 15 is 0 Å². The summed E-state index contributed by atoms with van der Waals surface area (Å²) in [5, 5.41) is 5.28. The van der Waals surface area contributed by atoms with E-state index in [1.807, 2.05) is 47.7 Å². The van der Waals surface area contributed by atoms with Crippen LogP contribution in [0.25, 0.3) is 0 Å². The molecule has 0 radical (unpaired) electrons. The van der Waals surface area contributed by atoms with E-state index in [4.69, 9.17) is 9.47 Å². The molecule has 156 valence electrons. The molecule has 0 bridgehead atoms. The molecule has 0 saturated heterocycles. The highest BCUT2D eigenvalue weighted by molar-refractivity contribution is 7.10. The Labute approximate surface area is 181 Å². The molecule has 0 atom stereocenters. The number of carbonyl (C=O) groups is 1. The normalized spacial score (nSPS) is 12.9. The summed E-state index contributed by atoms with van der Waals surface area (Å²) in [4.78, 5) is 16.5. The van der Waals surface area contributed by atoms with Crippen LogP contribution in [0.15, 0.2) is 53.9 Å². The molecule has 1 aliphatic rings. The van der Waals surface area contributed by atoms with Crippen LogP contribution in [0.1, 0.15) is 22.4 Å². The zero-order valence-corrected chi connectivity index (χ0v) is 18.1. The molecule has 1 aliphatic heterocycles. The molecule has 0 saturated carbocycles. The van der Waals surface area contributed by atoms with Gasteiger partial charge in [0.15, 0.2) is 11.5 Å². The molecule has 5 nitrogen and oxygen atoms in total. The van der Waals surface area contributed by atoms with Crippen molar-refractivity contribution in [1.29, 1.82) is 0 Å². The van der Waals surface area contributed by atoms with Crippen LogP contribution in [0.2, 0.25) is 0 Å². The molecular weight excluding hydrogens is 396 g/mol. The monoisotopic (exact) mass is 422 g/mol. The number of ether oxygens (including phenoxy) is 2. The van der Waals surface area contributed by atoms with E-state index < -0.39 is 0 Å². The maximum atomic E-state index is 12.7. The third-order valence-corrected chi connectivity index (χ3v) is 6.44. The second kappa shape index (κ2) is 9.22. The van der Waals surface area contributed by atoms with Crippen molar-refractivity contribution < 1.29 is 14.3 Å². The minimum absolute atomic E-state index is 0.00506. The number of anilines is 2. The van der Waals surface area contributed by atoms with E-state index in [2.05, 4.69) is 27.7 Å². The number of carbonyl (C=O) groups excluding carboxylic acids is 1. The second-order valence-corrected chi connectivity index (χ2v) is 8.30. The van der Waals surface area contributed by atoms with Crippen molar-refractivity contribution in [2.75, 3.05) is 31.0 Å². The van der Waals surface area contributed by atoms with Crippen molar-refractivity contribution in [3.63, 3.8) is 0 Å². The number of rotatable bonds is 7. The summed E-state index contributed by atoms with van der Waals surface area (Å²) in [5.74, 6) is 1.37. The lowest BCUT2D eigenvalue weighted by Crippen LogP contribution is -2.30. The van der Waals surface area contributed by atoms with Crippen LogP contribution in [-0.4, -0.2) is 26.7 Å². The summed E-state index contributed by atoms with van der Waals surface area (Å²) in [7, 11) is 3.23. The van der Waals surface area contributed by atoms with Crippen LogP contribution < -0.4 is 19.7 Å². The molecule has 1 N–H and O–H groups in total. The van der Waals surface area contributed by atoms with Gasteiger partial charge in [0.2, 0.25) is 5.91 Å². The number of thiophene rings is 1. The number of aryl methyl sites for hydroxylation is 1. The van der Waals surface area contributed by atoms with E-state index in [1.165, 1.54) is 10.4 Å². The number of nitrogens with zero attached hydrogens (tertiary/aromatic N) is 1. The zero-order valence-electron chi connectivity index (χ0n) is 17.3. The molecule has 1 aromatic heterocycles. The van der Waals surface area contributed by atoms with Crippen LogP contribution in [-0.2, 0) is 24.2 Å². The maximum Gasteiger partial charge on any atom is 0.224 e. The summed E-state index contributed by atoms with van der Waals surface area (Å²) in [5.41, 5.74) is 4.38. The van der Waals surface area contributed by atoms with Gasteiger partial charge in [-0.3, -0.25) is 4.79 Å². The predicted molar refractivity (Wildman–Crippen MR) is 122 cm³/mol. The Morgan fingerprint density at radius 2 is 1.93 bits per heavy atom. The SMILES string of the molecule is COc1ccc(CCC(=O)Nc2ccccc2N2CCc3sccc3C2)cc1OC. The lowest BCUT2D eigenvalue weighted by molar-refractivity contribution is -0.116. The van der Waals surface area contributed by atoms with E-state index in [-0.39, 0.29) is 5.91 Å². The number of hydrogen-bond acceptors (Lipinski definition) is 5. The van der Waals surface area contributed by atoms with E-state index in [9.17, 15) is 4.79 Å². The van der Waals surface area contributed by atoms with Gasteiger partial charge < -0.3 is 19.7 Å². The minimum atomic E-state index is 0.00506. The molecule has 2 heterocycles. The van der Waals surface area contributed by atoms with Gasteiger partial charge >= 0.3 is 0 Å². The van der Waals surface area contributed by atoms with Gasteiger partial charge in [-0.1, -0.05) is 18.2 Å². The van der Waals surface area contributed by atoms with Gasteiger partial charge in [0.1, 0.15) is 0 Å². The zero-order chi connectivity index (χ0) is 20.9. The predicted octanol–water partition coefficient (Wildman–Crippen LogP) is 4.90. The number of fused-ring (bicyclic) bond motifs is 1. The molecule has 0 fully saturated rings. The molecule has 1 amide bonds. The van der Waals surface area contributed by atoms with Gasteiger partial charge in [-0.2, -0.15) is 0 Å². The molecule has 6 heteroatoms. The Morgan fingerprint density at radius 3 is 2.77 bits per heavy atom. The number of methoxy groups -OCH3 is 2. The largest absolute Gasteiger partial charge is 0.493 e. The van der Waals surface area contributed by atoms with Crippen molar-refractivity contribution in [1.82, 2.24) is 0 Å². The standard InChI is InChI=1S/C24H26N2O3S/c1-28-21-9-7-17(15-22(21)29-2)8-10-24(27)25-19-5-3-4-6-20(19)26-13-11-23-18(16-26)12-14-30-23/h3-7,9,12,14-15H,8,10-11,13,16H2,1-2H3,(H,25,27).